The molecule has 86 valence electrons. The first kappa shape index (κ1) is 9.96. The van der Waals surface area contributed by atoms with Gasteiger partial charge in [0.15, 0.2) is 11.6 Å². The van der Waals surface area contributed by atoms with Gasteiger partial charge in [-0.05, 0) is 25.5 Å². The van der Waals surface area contributed by atoms with E-state index in [2.05, 4.69) is 5.16 Å². The molecule has 0 amide bonds. The van der Waals surface area contributed by atoms with Crippen molar-refractivity contribution in [1.29, 1.82) is 0 Å². The third kappa shape index (κ3) is 1.49. The molecule has 0 atom stereocenters. The Morgan fingerprint density at radius 2 is 2.00 bits per heavy atom. The Kier molecular flexibility index (Phi) is 1.98. The maximum absolute atomic E-state index is 5.67. The van der Waals surface area contributed by atoms with Crippen LogP contribution in [0.5, 0.6) is 0 Å². The quantitative estimate of drug-likeness (QED) is 0.694. The molecule has 0 aliphatic rings. The van der Waals surface area contributed by atoms with E-state index in [-0.39, 0.29) is 0 Å². The van der Waals surface area contributed by atoms with Gasteiger partial charge in [-0.2, -0.15) is 0 Å². The van der Waals surface area contributed by atoms with Crippen LogP contribution in [0.25, 0.3) is 22.3 Å². The van der Waals surface area contributed by atoms with Gasteiger partial charge < -0.3 is 14.7 Å². The molecule has 0 unspecified atom stereocenters. The number of rotatable bonds is 1. The number of aryl methyl sites for hydroxylation is 2. The molecule has 0 aliphatic heterocycles. The summed E-state index contributed by atoms with van der Waals surface area (Å²) in [5, 5.41) is 4.79. The summed E-state index contributed by atoms with van der Waals surface area (Å²) in [7, 11) is 0. The normalized spacial score (nSPS) is 11.2. The summed E-state index contributed by atoms with van der Waals surface area (Å²) in [5.74, 6) is 1.97. The minimum atomic E-state index is 0.381. The Morgan fingerprint density at radius 3 is 2.71 bits per heavy atom. The number of furan rings is 1. The molecule has 0 spiro atoms. The molecule has 0 saturated carbocycles. The lowest BCUT2D eigenvalue weighted by Crippen LogP contribution is -1.80. The molecule has 3 aromatic rings. The van der Waals surface area contributed by atoms with E-state index >= 15 is 0 Å². The standard InChI is InChI=1S/C13H12N2O2/c1-7-8(2)16-12-5-9(3-4-10(7)12)11-6-13(14)15-17-11/h3-6H,1-2H3,(H2,14,15). The highest BCUT2D eigenvalue weighted by Crippen LogP contribution is 2.30. The van der Waals surface area contributed by atoms with Gasteiger partial charge in [0.1, 0.15) is 11.3 Å². The van der Waals surface area contributed by atoms with Crippen molar-refractivity contribution in [3.8, 4) is 11.3 Å². The van der Waals surface area contributed by atoms with Crippen molar-refractivity contribution in [2.24, 2.45) is 0 Å². The fourth-order valence-corrected chi connectivity index (χ4v) is 1.93. The zero-order valence-corrected chi connectivity index (χ0v) is 9.65. The third-order valence-electron chi connectivity index (χ3n) is 2.99. The van der Waals surface area contributed by atoms with Crippen molar-refractivity contribution in [2.45, 2.75) is 13.8 Å². The third-order valence-corrected chi connectivity index (χ3v) is 2.99. The van der Waals surface area contributed by atoms with Gasteiger partial charge in [0.2, 0.25) is 0 Å². The van der Waals surface area contributed by atoms with Crippen LogP contribution in [0.3, 0.4) is 0 Å². The van der Waals surface area contributed by atoms with Gasteiger partial charge in [-0.1, -0.05) is 17.3 Å². The summed E-state index contributed by atoms with van der Waals surface area (Å²) in [5.41, 5.74) is 8.47. The van der Waals surface area contributed by atoms with E-state index in [0.29, 0.717) is 11.6 Å². The molecule has 0 fully saturated rings. The van der Waals surface area contributed by atoms with Crippen LogP contribution >= 0.6 is 0 Å². The van der Waals surface area contributed by atoms with Crippen LogP contribution in [0.4, 0.5) is 5.82 Å². The molecule has 4 nitrogen and oxygen atoms in total. The van der Waals surface area contributed by atoms with Gasteiger partial charge in [-0.25, -0.2) is 0 Å². The maximum Gasteiger partial charge on any atom is 0.169 e. The van der Waals surface area contributed by atoms with Crippen LogP contribution in [0.1, 0.15) is 11.3 Å². The van der Waals surface area contributed by atoms with Crippen LogP contribution in [-0.2, 0) is 0 Å². The highest BCUT2D eigenvalue weighted by molar-refractivity contribution is 5.86. The number of aromatic nitrogens is 1. The van der Waals surface area contributed by atoms with Gasteiger partial charge in [-0.15, -0.1) is 0 Å². The fraction of sp³-hybridized carbons (Fsp3) is 0.154. The minimum absolute atomic E-state index is 0.381. The molecule has 2 heterocycles. The summed E-state index contributed by atoms with van der Waals surface area (Å²) >= 11 is 0. The molecule has 2 N–H and O–H groups in total. The second kappa shape index (κ2) is 3.38. The number of nitrogens with two attached hydrogens (primary N) is 1. The molecule has 1 aromatic carbocycles. The average molecular weight is 228 g/mol. The maximum atomic E-state index is 5.67. The Hall–Kier alpha value is -2.23. The minimum Gasteiger partial charge on any atom is -0.461 e. The van der Waals surface area contributed by atoms with Crippen molar-refractivity contribution >= 4 is 16.8 Å². The number of nitrogens with zero attached hydrogens (tertiary/aromatic N) is 1. The Bertz CT molecular complexity index is 695. The average Bonchev–Trinajstić information content (AvgIpc) is 2.85. The summed E-state index contributed by atoms with van der Waals surface area (Å²) < 4.78 is 10.8. The number of benzene rings is 1. The van der Waals surface area contributed by atoms with Crippen molar-refractivity contribution < 1.29 is 8.94 Å². The second-order valence-electron chi connectivity index (χ2n) is 4.11. The van der Waals surface area contributed by atoms with Crippen molar-refractivity contribution in [2.75, 3.05) is 5.73 Å². The Morgan fingerprint density at radius 1 is 1.18 bits per heavy atom. The first-order valence-corrected chi connectivity index (χ1v) is 5.37. The SMILES string of the molecule is Cc1oc2cc(-c3cc(N)no3)ccc2c1C. The number of hydrogen-bond acceptors (Lipinski definition) is 4. The molecular formula is C13H12N2O2. The highest BCUT2D eigenvalue weighted by Gasteiger charge is 2.10. The molecule has 4 heteroatoms. The lowest BCUT2D eigenvalue weighted by Gasteiger charge is -1.95. The monoisotopic (exact) mass is 228 g/mol. The largest absolute Gasteiger partial charge is 0.461 e. The summed E-state index contributed by atoms with van der Waals surface area (Å²) in [6.45, 7) is 4.01. The zero-order valence-electron chi connectivity index (χ0n) is 9.65. The second-order valence-corrected chi connectivity index (χ2v) is 4.11. The van der Waals surface area contributed by atoms with Crippen LogP contribution < -0.4 is 5.73 Å². The number of nitrogen functional groups attached to an aromatic ring is 1. The molecule has 3 rings (SSSR count). The van der Waals surface area contributed by atoms with Crippen LogP contribution in [0.2, 0.25) is 0 Å². The van der Waals surface area contributed by atoms with Crippen molar-refractivity contribution in [3.05, 3.63) is 35.6 Å². The summed E-state index contributed by atoms with van der Waals surface area (Å²) in [4.78, 5) is 0. The predicted molar refractivity (Wildman–Crippen MR) is 65.6 cm³/mol. The predicted octanol–water partition coefficient (Wildman–Crippen LogP) is 3.29. The van der Waals surface area contributed by atoms with E-state index in [0.717, 1.165) is 22.3 Å². The van der Waals surface area contributed by atoms with E-state index in [1.54, 1.807) is 6.07 Å². The highest BCUT2D eigenvalue weighted by atomic mass is 16.5. The van der Waals surface area contributed by atoms with Crippen LogP contribution in [0.15, 0.2) is 33.2 Å². The van der Waals surface area contributed by atoms with Gasteiger partial charge >= 0.3 is 0 Å². The Labute approximate surface area is 98.0 Å². The van der Waals surface area contributed by atoms with Crippen LogP contribution in [0, 0.1) is 13.8 Å². The number of hydrogen-bond donors (Lipinski definition) is 1. The fourth-order valence-electron chi connectivity index (χ4n) is 1.93. The van der Waals surface area contributed by atoms with Gasteiger partial charge in [0, 0.05) is 17.0 Å². The Balaban J connectivity index is 2.20. The van der Waals surface area contributed by atoms with E-state index < -0.39 is 0 Å². The van der Waals surface area contributed by atoms with Crippen molar-refractivity contribution in [3.63, 3.8) is 0 Å². The molecule has 0 radical (unpaired) electrons. The van der Waals surface area contributed by atoms with Gasteiger partial charge in [0.25, 0.3) is 0 Å². The first-order chi connectivity index (χ1) is 8.15. The van der Waals surface area contributed by atoms with Gasteiger partial charge in [-0.3, -0.25) is 0 Å². The van der Waals surface area contributed by atoms with Crippen LogP contribution in [-0.4, -0.2) is 5.16 Å². The van der Waals surface area contributed by atoms with Gasteiger partial charge in [0.05, 0.1) is 0 Å². The molecule has 0 aliphatic carbocycles. The number of anilines is 1. The zero-order chi connectivity index (χ0) is 12.0. The van der Waals surface area contributed by atoms with E-state index in [9.17, 15) is 0 Å². The summed E-state index contributed by atoms with van der Waals surface area (Å²) in [6, 6.07) is 7.64. The molecule has 0 bridgehead atoms. The lowest BCUT2D eigenvalue weighted by molar-refractivity contribution is 0.436. The molecule has 0 saturated heterocycles. The van der Waals surface area contributed by atoms with E-state index in [4.69, 9.17) is 14.7 Å². The van der Waals surface area contributed by atoms with E-state index in [1.807, 2.05) is 32.0 Å². The first-order valence-electron chi connectivity index (χ1n) is 5.37. The lowest BCUT2D eigenvalue weighted by atomic mass is 10.1. The van der Waals surface area contributed by atoms with E-state index in [1.165, 1.54) is 5.56 Å². The molecule has 17 heavy (non-hydrogen) atoms. The topological polar surface area (TPSA) is 65.2 Å². The molecular weight excluding hydrogens is 216 g/mol. The number of fused-ring (bicyclic) bond motifs is 1. The molecule has 2 aromatic heterocycles. The van der Waals surface area contributed by atoms with Crippen molar-refractivity contribution in [1.82, 2.24) is 5.16 Å². The smallest absolute Gasteiger partial charge is 0.169 e. The summed E-state index contributed by atoms with van der Waals surface area (Å²) in [6.07, 6.45) is 0.